The summed E-state index contributed by atoms with van der Waals surface area (Å²) in [6.45, 7) is 4.64. The SMILES string of the molecule is CCOC(=O)c1ccc(NC(=O)CN2C(=O)N(Cc3ccc(C)cc3)C(=O)C3NCCCC32)cc1. The number of rotatable bonds is 7. The van der Waals surface area contributed by atoms with Gasteiger partial charge in [0, 0.05) is 5.69 Å². The van der Waals surface area contributed by atoms with Crippen molar-refractivity contribution in [3.63, 3.8) is 0 Å². The molecule has 9 heteroatoms. The van der Waals surface area contributed by atoms with E-state index in [-0.39, 0.29) is 37.6 Å². The Balaban J connectivity index is 1.47. The first-order chi connectivity index (χ1) is 16.9. The van der Waals surface area contributed by atoms with E-state index in [9.17, 15) is 19.2 Å². The minimum atomic E-state index is -0.538. The lowest BCUT2D eigenvalue weighted by molar-refractivity contribution is -0.138. The number of aryl methyl sites for hydroxylation is 1. The number of ether oxygens (including phenoxy) is 1. The Morgan fingerprint density at radius 1 is 1.09 bits per heavy atom. The van der Waals surface area contributed by atoms with Crippen molar-refractivity contribution in [2.24, 2.45) is 0 Å². The minimum Gasteiger partial charge on any atom is -0.462 e. The van der Waals surface area contributed by atoms with Crippen molar-refractivity contribution in [2.75, 3.05) is 25.0 Å². The van der Waals surface area contributed by atoms with Gasteiger partial charge < -0.3 is 20.3 Å². The van der Waals surface area contributed by atoms with Crippen molar-refractivity contribution in [3.05, 3.63) is 65.2 Å². The average molecular weight is 479 g/mol. The van der Waals surface area contributed by atoms with E-state index in [0.717, 1.165) is 17.5 Å². The number of nitrogens with one attached hydrogen (secondary N) is 2. The number of piperidine rings is 1. The molecular weight excluding hydrogens is 448 g/mol. The van der Waals surface area contributed by atoms with E-state index in [1.54, 1.807) is 31.2 Å². The van der Waals surface area contributed by atoms with Crippen molar-refractivity contribution >= 4 is 29.5 Å². The van der Waals surface area contributed by atoms with Crippen LogP contribution in [0.2, 0.25) is 0 Å². The Labute approximate surface area is 204 Å². The van der Waals surface area contributed by atoms with Gasteiger partial charge in [-0.25, -0.2) is 9.59 Å². The first-order valence-electron chi connectivity index (χ1n) is 11.9. The van der Waals surface area contributed by atoms with Gasteiger partial charge in [0.05, 0.1) is 24.8 Å². The Morgan fingerprint density at radius 2 is 1.80 bits per heavy atom. The lowest BCUT2D eigenvalue weighted by atomic mass is 9.93. The van der Waals surface area contributed by atoms with Gasteiger partial charge in [-0.1, -0.05) is 29.8 Å². The molecular formula is C26H30N4O5. The van der Waals surface area contributed by atoms with Gasteiger partial charge in [0.15, 0.2) is 0 Å². The van der Waals surface area contributed by atoms with E-state index in [0.29, 0.717) is 24.2 Å². The Bertz CT molecular complexity index is 1100. The molecule has 2 saturated heterocycles. The highest BCUT2D eigenvalue weighted by Gasteiger charge is 2.47. The lowest BCUT2D eigenvalue weighted by Gasteiger charge is -2.46. The number of nitrogens with zero attached hydrogens (tertiary/aromatic N) is 2. The molecule has 0 spiro atoms. The van der Waals surface area contributed by atoms with Crippen LogP contribution in [0.5, 0.6) is 0 Å². The Hall–Kier alpha value is -3.72. The van der Waals surface area contributed by atoms with Crippen LogP contribution in [-0.2, 0) is 20.9 Å². The van der Waals surface area contributed by atoms with Gasteiger partial charge in [0.2, 0.25) is 11.8 Å². The van der Waals surface area contributed by atoms with Crippen LogP contribution in [0.15, 0.2) is 48.5 Å². The number of carbonyl (C=O) groups excluding carboxylic acids is 4. The lowest BCUT2D eigenvalue weighted by Crippen LogP contribution is -2.70. The minimum absolute atomic E-state index is 0.149. The van der Waals surface area contributed by atoms with Crippen LogP contribution in [0.4, 0.5) is 10.5 Å². The van der Waals surface area contributed by atoms with E-state index in [1.165, 1.54) is 9.80 Å². The number of hydrogen-bond acceptors (Lipinski definition) is 6. The van der Waals surface area contributed by atoms with Gasteiger partial charge in [-0.3, -0.25) is 14.5 Å². The van der Waals surface area contributed by atoms with Crippen LogP contribution < -0.4 is 10.6 Å². The largest absolute Gasteiger partial charge is 0.462 e. The fraction of sp³-hybridized carbons (Fsp3) is 0.385. The van der Waals surface area contributed by atoms with Gasteiger partial charge in [0.25, 0.3) is 0 Å². The predicted molar refractivity (Wildman–Crippen MR) is 130 cm³/mol. The molecule has 2 N–H and O–H groups in total. The second kappa shape index (κ2) is 10.7. The number of benzene rings is 2. The van der Waals surface area contributed by atoms with Crippen molar-refractivity contribution in [3.8, 4) is 0 Å². The highest BCUT2D eigenvalue weighted by molar-refractivity contribution is 6.03. The fourth-order valence-electron chi connectivity index (χ4n) is 4.48. The van der Waals surface area contributed by atoms with E-state index >= 15 is 0 Å². The summed E-state index contributed by atoms with van der Waals surface area (Å²) in [6.07, 6.45) is 1.46. The van der Waals surface area contributed by atoms with Gasteiger partial charge in [0.1, 0.15) is 12.6 Å². The molecule has 2 atom stereocenters. The maximum absolute atomic E-state index is 13.4. The van der Waals surface area contributed by atoms with Crippen molar-refractivity contribution < 1.29 is 23.9 Å². The Morgan fingerprint density at radius 3 is 2.49 bits per heavy atom. The second-order valence-corrected chi connectivity index (χ2v) is 8.81. The van der Waals surface area contributed by atoms with Gasteiger partial charge >= 0.3 is 12.0 Å². The van der Waals surface area contributed by atoms with E-state index in [1.807, 2.05) is 31.2 Å². The fourth-order valence-corrected chi connectivity index (χ4v) is 4.48. The summed E-state index contributed by atoms with van der Waals surface area (Å²) in [5, 5.41) is 6.01. The number of carbonyl (C=O) groups is 4. The summed E-state index contributed by atoms with van der Waals surface area (Å²) in [7, 11) is 0. The van der Waals surface area contributed by atoms with E-state index < -0.39 is 18.0 Å². The standard InChI is InChI=1S/C26H30N4O5/c1-3-35-25(33)19-10-12-20(13-11-19)28-22(31)16-29-21-5-4-14-27-23(21)24(32)30(26(29)34)15-18-8-6-17(2)7-9-18/h6-13,21,23,27H,3-5,14-16H2,1-2H3,(H,28,31). The monoisotopic (exact) mass is 478 g/mol. The molecule has 0 saturated carbocycles. The molecule has 4 amide bonds. The molecule has 2 aromatic rings. The van der Waals surface area contributed by atoms with Crippen molar-refractivity contribution in [2.45, 2.75) is 45.3 Å². The second-order valence-electron chi connectivity index (χ2n) is 8.81. The highest BCUT2D eigenvalue weighted by atomic mass is 16.5. The van der Waals surface area contributed by atoms with Crippen molar-refractivity contribution in [1.29, 1.82) is 0 Å². The number of imide groups is 1. The third-order valence-electron chi connectivity index (χ3n) is 6.29. The zero-order valence-corrected chi connectivity index (χ0v) is 20.0. The third-order valence-corrected chi connectivity index (χ3v) is 6.29. The molecule has 0 bridgehead atoms. The number of urea groups is 1. The first-order valence-corrected chi connectivity index (χ1v) is 11.9. The third kappa shape index (κ3) is 5.51. The molecule has 2 heterocycles. The molecule has 2 unspecified atom stereocenters. The van der Waals surface area contributed by atoms with Crippen LogP contribution in [0.1, 0.15) is 41.3 Å². The summed E-state index contributed by atoms with van der Waals surface area (Å²) < 4.78 is 4.97. The molecule has 35 heavy (non-hydrogen) atoms. The van der Waals surface area contributed by atoms with Crippen LogP contribution in [-0.4, -0.2) is 65.4 Å². The number of anilines is 1. The summed E-state index contributed by atoms with van der Waals surface area (Å²) >= 11 is 0. The molecule has 0 aromatic heterocycles. The quantitative estimate of drug-likeness (QED) is 0.593. The van der Waals surface area contributed by atoms with Crippen LogP contribution in [0, 0.1) is 6.92 Å². The number of esters is 1. The Kier molecular flexibility index (Phi) is 7.45. The van der Waals surface area contributed by atoms with Gasteiger partial charge in [-0.05, 0) is 63.1 Å². The molecule has 2 aliphatic heterocycles. The topological polar surface area (TPSA) is 108 Å². The summed E-state index contributed by atoms with van der Waals surface area (Å²) in [6, 6.07) is 12.7. The number of fused-ring (bicyclic) bond motifs is 1. The molecule has 2 aliphatic rings. The predicted octanol–water partition coefficient (Wildman–Crippen LogP) is 2.70. The number of hydrogen-bond donors (Lipinski definition) is 2. The molecule has 9 nitrogen and oxygen atoms in total. The smallest absolute Gasteiger partial charge is 0.338 e. The molecule has 2 aromatic carbocycles. The molecule has 0 aliphatic carbocycles. The van der Waals surface area contributed by atoms with Gasteiger partial charge in [-0.15, -0.1) is 0 Å². The zero-order chi connectivity index (χ0) is 24.9. The van der Waals surface area contributed by atoms with Crippen LogP contribution in [0.3, 0.4) is 0 Å². The molecule has 0 radical (unpaired) electrons. The van der Waals surface area contributed by atoms with Crippen molar-refractivity contribution in [1.82, 2.24) is 15.1 Å². The highest BCUT2D eigenvalue weighted by Crippen LogP contribution is 2.26. The molecule has 2 fully saturated rings. The van der Waals surface area contributed by atoms with E-state index in [4.69, 9.17) is 4.74 Å². The zero-order valence-electron chi connectivity index (χ0n) is 20.0. The molecule has 4 rings (SSSR count). The normalized spacial score (nSPS) is 19.8. The first kappa shape index (κ1) is 24.4. The maximum Gasteiger partial charge on any atom is 0.338 e. The maximum atomic E-state index is 13.4. The number of amides is 4. The van der Waals surface area contributed by atoms with E-state index in [2.05, 4.69) is 10.6 Å². The summed E-state index contributed by atoms with van der Waals surface area (Å²) in [5.74, 6) is -1.07. The van der Waals surface area contributed by atoms with Crippen LogP contribution >= 0.6 is 0 Å². The molecule has 184 valence electrons. The summed E-state index contributed by atoms with van der Waals surface area (Å²) in [4.78, 5) is 54.0. The summed E-state index contributed by atoms with van der Waals surface area (Å²) in [5.41, 5.74) is 2.82. The van der Waals surface area contributed by atoms with Gasteiger partial charge in [-0.2, -0.15) is 0 Å². The van der Waals surface area contributed by atoms with Crippen LogP contribution in [0.25, 0.3) is 0 Å². The average Bonchev–Trinajstić information content (AvgIpc) is 2.86.